The second kappa shape index (κ2) is 4.65. The first kappa shape index (κ1) is 9.78. The molecule has 1 aliphatic heterocycles. The smallest absolute Gasteiger partial charge is 0.127 e. The minimum Gasteiger partial charge on any atom is -0.303 e. The quantitative estimate of drug-likeness (QED) is 0.707. The molecule has 2 unspecified atom stereocenters. The van der Waals surface area contributed by atoms with Gasteiger partial charge in [0.1, 0.15) is 6.29 Å². The summed E-state index contributed by atoms with van der Waals surface area (Å²) in [6.45, 7) is 0. The van der Waals surface area contributed by atoms with Gasteiger partial charge in [-0.15, -0.1) is 0 Å². The molecule has 2 heteroatoms. The van der Waals surface area contributed by atoms with Crippen molar-refractivity contribution in [3.63, 3.8) is 0 Å². The van der Waals surface area contributed by atoms with E-state index in [1.807, 2.05) is 30.0 Å². The predicted octanol–water partition coefficient (Wildman–Crippen LogP) is 2.72. The maximum atomic E-state index is 11.1. The Morgan fingerprint density at radius 1 is 1.36 bits per heavy atom. The largest absolute Gasteiger partial charge is 0.303 e. The van der Waals surface area contributed by atoms with E-state index in [-0.39, 0.29) is 5.92 Å². The van der Waals surface area contributed by atoms with Crippen LogP contribution in [0.4, 0.5) is 0 Å². The molecular formula is C12H14OS. The molecule has 1 heterocycles. The third-order valence-corrected chi connectivity index (χ3v) is 3.99. The van der Waals surface area contributed by atoms with Gasteiger partial charge in [0.15, 0.2) is 0 Å². The maximum absolute atomic E-state index is 11.1. The standard InChI is InChI=1S/C12H14OS/c13-8-12(11-6-7-14-9-11)10-4-2-1-3-5-10/h1-5,8,11-12H,6-7,9H2. The predicted molar refractivity (Wildman–Crippen MR) is 60.7 cm³/mol. The van der Waals surface area contributed by atoms with Crippen LogP contribution in [0.15, 0.2) is 30.3 Å². The molecular weight excluding hydrogens is 192 g/mol. The second-order valence-corrected chi connectivity index (χ2v) is 4.85. The zero-order chi connectivity index (χ0) is 9.80. The van der Waals surface area contributed by atoms with E-state index < -0.39 is 0 Å². The van der Waals surface area contributed by atoms with Crippen LogP contribution < -0.4 is 0 Å². The fourth-order valence-corrected chi connectivity index (χ4v) is 3.29. The van der Waals surface area contributed by atoms with Crippen molar-refractivity contribution in [1.29, 1.82) is 0 Å². The van der Waals surface area contributed by atoms with E-state index in [9.17, 15) is 4.79 Å². The molecule has 0 radical (unpaired) electrons. The lowest BCUT2D eigenvalue weighted by atomic mass is 9.87. The van der Waals surface area contributed by atoms with Gasteiger partial charge >= 0.3 is 0 Å². The number of benzene rings is 1. The zero-order valence-electron chi connectivity index (χ0n) is 8.06. The molecule has 1 fully saturated rings. The van der Waals surface area contributed by atoms with E-state index in [4.69, 9.17) is 0 Å². The Bertz CT molecular complexity index is 290. The first-order chi connectivity index (χ1) is 6.92. The average Bonchev–Trinajstić information content (AvgIpc) is 2.74. The van der Waals surface area contributed by atoms with Crippen LogP contribution in [0.1, 0.15) is 17.9 Å². The third-order valence-electron chi connectivity index (χ3n) is 2.80. The van der Waals surface area contributed by atoms with E-state index in [1.54, 1.807) is 0 Å². The lowest BCUT2D eigenvalue weighted by molar-refractivity contribution is -0.109. The monoisotopic (exact) mass is 206 g/mol. The number of carbonyl (C=O) groups is 1. The highest BCUT2D eigenvalue weighted by Crippen LogP contribution is 2.34. The average molecular weight is 206 g/mol. The Morgan fingerprint density at radius 3 is 2.71 bits per heavy atom. The van der Waals surface area contributed by atoms with Crippen molar-refractivity contribution in [2.45, 2.75) is 12.3 Å². The molecule has 2 rings (SSSR count). The van der Waals surface area contributed by atoms with Gasteiger partial charge in [-0.2, -0.15) is 11.8 Å². The number of hydrogen-bond donors (Lipinski definition) is 0. The Labute approximate surface area is 88.9 Å². The zero-order valence-corrected chi connectivity index (χ0v) is 8.87. The first-order valence-electron chi connectivity index (χ1n) is 5.00. The van der Waals surface area contributed by atoms with Crippen molar-refractivity contribution in [2.24, 2.45) is 5.92 Å². The number of aldehydes is 1. The summed E-state index contributed by atoms with van der Waals surface area (Å²) in [6, 6.07) is 10.1. The van der Waals surface area contributed by atoms with Crippen molar-refractivity contribution < 1.29 is 4.79 Å². The molecule has 0 aliphatic carbocycles. The van der Waals surface area contributed by atoms with Gasteiger partial charge in [0.2, 0.25) is 0 Å². The van der Waals surface area contributed by atoms with Gasteiger partial charge < -0.3 is 4.79 Å². The molecule has 0 aromatic heterocycles. The Balaban J connectivity index is 2.16. The summed E-state index contributed by atoms with van der Waals surface area (Å²) in [5, 5.41) is 0. The molecule has 0 amide bonds. The van der Waals surface area contributed by atoms with E-state index in [1.165, 1.54) is 17.7 Å². The molecule has 1 aromatic carbocycles. The molecule has 0 N–H and O–H groups in total. The fraction of sp³-hybridized carbons (Fsp3) is 0.417. The van der Waals surface area contributed by atoms with Gasteiger partial charge in [0.25, 0.3) is 0 Å². The fourth-order valence-electron chi connectivity index (χ4n) is 1.97. The topological polar surface area (TPSA) is 17.1 Å². The second-order valence-electron chi connectivity index (χ2n) is 3.70. The molecule has 14 heavy (non-hydrogen) atoms. The highest BCUT2D eigenvalue weighted by molar-refractivity contribution is 7.99. The van der Waals surface area contributed by atoms with Crippen LogP contribution in [0.2, 0.25) is 0 Å². The van der Waals surface area contributed by atoms with E-state index in [0.29, 0.717) is 5.92 Å². The van der Waals surface area contributed by atoms with Gasteiger partial charge in [0.05, 0.1) is 0 Å². The Hall–Kier alpha value is -0.760. The van der Waals surface area contributed by atoms with E-state index in [0.717, 1.165) is 12.0 Å². The van der Waals surface area contributed by atoms with Gasteiger partial charge in [-0.1, -0.05) is 30.3 Å². The van der Waals surface area contributed by atoms with E-state index in [2.05, 4.69) is 12.1 Å². The molecule has 1 aliphatic rings. The van der Waals surface area contributed by atoms with Crippen LogP contribution in [0.3, 0.4) is 0 Å². The van der Waals surface area contributed by atoms with E-state index >= 15 is 0 Å². The molecule has 0 bridgehead atoms. The van der Waals surface area contributed by atoms with Crippen molar-refractivity contribution in [3.05, 3.63) is 35.9 Å². The number of thioether (sulfide) groups is 1. The van der Waals surface area contributed by atoms with Crippen LogP contribution >= 0.6 is 11.8 Å². The first-order valence-corrected chi connectivity index (χ1v) is 6.15. The van der Waals surface area contributed by atoms with Gasteiger partial charge in [0, 0.05) is 5.92 Å². The van der Waals surface area contributed by atoms with Gasteiger partial charge in [-0.3, -0.25) is 0 Å². The van der Waals surface area contributed by atoms with Gasteiger partial charge in [-0.25, -0.2) is 0 Å². The summed E-state index contributed by atoms with van der Waals surface area (Å²) in [6.07, 6.45) is 2.30. The minimum absolute atomic E-state index is 0.117. The number of carbonyl (C=O) groups excluding carboxylic acids is 1. The number of rotatable bonds is 3. The lowest BCUT2D eigenvalue weighted by Crippen LogP contribution is -2.13. The Kier molecular flexibility index (Phi) is 3.25. The summed E-state index contributed by atoms with van der Waals surface area (Å²) in [4.78, 5) is 11.1. The summed E-state index contributed by atoms with van der Waals surface area (Å²) >= 11 is 1.96. The highest BCUT2D eigenvalue weighted by Gasteiger charge is 2.25. The van der Waals surface area contributed by atoms with Crippen molar-refractivity contribution in [1.82, 2.24) is 0 Å². The third kappa shape index (κ3) is 2.01. The van der Waals surface area contributed by atoms with Gasteiger partial charge in [-0.05, 0) is 29.4 Å². The molecule has 0 spiro atoms. The Morgan fingerprint density at radius 2 is 2.14 bits per heavy atom. The van der Waals surface area contributed by atoms with Crippen LogP contribution in [-0.4, -0.2) is 17.8 Å². The summed E-state index contributed by atoms with van der Waals surface area (Å²) < 4.78 is 0. The SMILES string of the molecule is O=CC(c1ccccc1)C1CCSC1. The summed E-state index contributed by atoms with van der Waals surface area (Å²) in [7, 11) is 0. The highest BCUT2D eigenvalue weighted by atomic mass is 32.2. The van der Waals surface area contributed by atoms with Crippen LogP contribution in [-0.2, 0) is 4.79 Å². The molecule has 0 saturated carbocycles. The van der Waals surface area contributed by atoms with Crippen molar-refractivity contribution >= 4 is 18.0 Å². The van der Waals surface area contributed by atoms with Crippen molar-refractivity contribution in [2.75, 3.05) is 11.5 Å². The molecule has 1 saturated heterocycles. The molecule has 1 aromatic rings. The normalized spacial score (nSPS) is 23.3. The minimum atomic E-state index is 0.117. The number of hydrogen-bond acceptors (Lipinski definition) is 2. The maximum Gasteiger partial charge on any atom is 0.127 e. The molecule has 1 nitrogen and oxygen atoms in total. The lowest BCUT2D eigenvalue weighted by Gasteiger charge is -2.16. The molecule has 2 atom stereocenters. The summed E-state index contributed by atoms with van der Waals surface area (Å²) in [5.41, 5.74) is 1.18. The van der Waals surface area contributed by atoms with Crippen LogP contribution in [0.5, 0.6) is 0 Å². The summed E-state index contributed by atoms with van der Waals surface area (Å²) in [5.74, 6) is 3.02. The van der Waals surface area contributed by atoms with Crippen LogP contribution in [0.25, 0.3) is 0 Å². The van der Waals surface area contributed by atoms with Crippen molar-refractivity contribution in [3.8, 4) is 0 Å². The van der Waals surface area contributed by atoms with Crippen LogP contribution in [0, 0.1) is 5.92 Å². The molecule has 74 valence electrons.